The van der Waals surface area contributed by atoms with Crippen molar-refractivity contribution in [2.24, 2.45) is 5.73 Å². The van der Waals surface area contributed by atoms with E-state index in [1.54, 1.807) is 6.20 Å². The summed E-state index contributed by atoms with van der Waals surface area (Å²) in [6.07, 6.45) is 7.94. The normalized spacial score (nSPS) is 11.4. The van der Waals surface area contributed by atoms with E-state index in [-0.39, 0.29) is 5.57 Å². The molecule has 4 aromatic rings. The molecule has 0 bridgehead atoms. The van der Waals surface area contributed by atoms with Crippen LogP contribution >= 0.6 is 0 Å². The fourth-order valence-corrected chi connectivity index (χ4v) is 3.37. The first-order valence-electron chi connectivity index (χ1n) is 9.53. The molecule has 0 aliphatic heterocycles. The number of nitrogens with two attached hydrogens (primary N) is 1. The average molecular weight is 393 g/mol. The highest BCUT2D eigenvalue weighted by Gasteiger charge is 2.10. The highest BCUT2D eigenvalue weighted by Crippen LogP contribution is 2.31. The third kappa shape index (κ3) is 3.69. The highest BCUT2D eigenvalue weighted by atomic mass is 16.1. The molecule has 0 saturated heterocycles. The molecule has 30 heavy (non-hydrogen) atoms. The number of amides is 1. The second-order valence-electron chi connectivity index (χ2n) is 6.87. The number of carbonyl (C=O) groups excluding carboxylic acids is 1. The highest BCUT2D eigenvalue weighted by molar-refractivity contribution is 6.01. The third-order valence-corrected chi connectivity index (χ3v) is 4.94. The van der Waals surface area contributed by atoms with Gasteiger partial charge < -0.3 is 10.7 Å². The Labute approximate surface area is 173 Å². The summed E-state index contributed by atoms with van der Waals surface area (Å²) < 4.78 is 0. The summed E-state index contributed by atoms with van der Waals surface area (Å²) in [5.74, 6) is -0.744. The number of fused-ring (bicyclic) bond motifs is 1. The molecule has 0 spiro atoms. The Morgan fingerprint density at radius 1 is 1.17 bits per heavy atom. The summed E-state index contributed by atoms with van der Waals surface area (Å²) in [6.45, 7) is 2.08. The van der Waals surface area contributed by atoms with Gasteiger partial charge in [0.1, 0.15) is 17.3 Å². The van der Waals surface area contributed by atoms with Gasteiger partial charge in [0.25, 0.3) is 5.91 Å². The van der Waals surface area contributed by atoms with E-state index >= 15 is 0 Å². The maximum Gasteiger partial charge on any atom is 0.259 e. The van der Waals surface area contributed by atoms with Crippen LogP contribution in [0.4, 0.5) is 0 Å². The van der Waals surface area contributed by atoms with Crippen molar-refractivity contribution in [2.45, 2.75) is 13.3 Å². The van der Waals surface area contributed by atoms with E-state index < -0.39 is 5.91 Å². The van der Waals surface area contributed by atoms with E-state index in [1.807, 2.05) is 48.8 Å². The number of nitrogens with one attached hydrogen (secondary N) is 1. The molecule has 1 amide bonds. The molecule has 3 N–H and O–H groups in total. The molecular formula is C24H19N5O. The summed E-state index contributed by atoms with van der Waals surface area (Å²) in [7, 11) is 0. The minimum Gasteiger partial charge on any atom is -0.365 e. The van der Waals surface area contributed by atoms with E-state index in [0.29, 0.717) is 0 Å². The molecule has 4 rings (SSSR count). The van der Waals surface area contributed by atoms with Crippen molar-refractivity contribution in [1.82, 2.24) is 15.0 Å². The Balaban J connectivity index is 1.79. The number of aryl methyl sites for hydroxylation is 1. The van der Waals surface area contributed by atoms with Crippen LogP contribution in [-0.4, -0.2) is 20.9 Å². The number of benzene rings is 1. The molecule has 0 radical (unpaired) electrons. The van der Waals surface area contributed by atoms with Crippen LogP contribution < -0.4 is 5.73 Å². The predicted molar refractivity (Wildman–Crippen MR) is 117 cm³/mol. The lowest BCUT2D eigenvalue weighted by Gasteiger charge is -2.06. The van der Waals surface area contributed by atoms with Gasteiger partial charge in [0.2, 0.25) is 0 Å². The number of nitrogens with zero attached hydrogens (tertiary/aromatic N) is 3. The third-order valence-electron chi connectivity index (χ3n) is 4.94. The maximum atomic E-state index is 11.3. The van der Waals surface area contributed by atoms with E-state index in [2.05, 4.69) is 34.0 Å². The molecule has 3 aromatic heterocycles. The largest absolute Gasteiger partial charge is 0.365 e. The van der Waals surface area contributed by atoms with Gasteiger partial charge in [-0.25, -0.2) is 4.98 Å². The van der Waals surface area contributed by atoms with Crippen LogP contribution in [0.3, 0.4) is 0 Å². The Kier molecular flexibility index (Phi) is 5.10. The number of aromatic nitrogens is 3. The standard InChI is InChI=1S/C24H19N5O/c1-2-20-10-17(6-7-27-20)22-14-29-24-21(22)11-19(13-28-24)16-5-3-4-15(8-16)9-18(12-25)23(26)30/h3-11,13-14H,2H2,1H3,(H2,26,30)(H,28,29)/b18-9+. The van der Waals surface area contributed by atoms with Crippen LogP contribution in [0.15, 0.2) is 66.6 Å². The maximum absolute atomic E-state index is 11.3. The number of nitriles is 1. The molecule has 0 aliphatic rings. The first-order chi connectivity index (χ1) is 14.6. The number of rotatable bonds is 5. The summed E-state index contributed by atoms with van der Waals surface area (Å²) in [6, 6.07) is 15.6. The number of carbonyl (C=O) groups is 1. The van der Waals surface area contributed by atoms with Crippen molar-refractivity contribution in [3.8, 4) is 28.3 Å². The van der Waals surface area contributed by atoms with Gasteiger partial charge in [0.15, 0.2) is 0 Å². The van der Waals surface area contributed by atoms with Crippen LogP contribution in [0.5, 0.6) is 0 Å². The van der Waals surface area contributed by atoms with Gasteiger partial charge in [-0.05, 0) is 53.5 Å². The van der Waals surface area contributed by atoms with E-state index in [4.69, 9.17) is 11.0 Å². The monoisotopic (exact) mass is 393 g/mol. The van der Waals surface area contributed by atoms with Gasteiger partial charge >= 0.3 is 0 Å². The molecule has 0 fully saturated rings. The second kappa shape index (κ2) is 8.02. The van der Waals surface area contributed by atoms with Crippen molar-refractivity contribution < 1.29 is 4.79 Å². The Morgan fingerprint density at radius 3 is 2.80 bits per heavy atom. The van der Waals surface area contributed by atoms with Gasteiger partial charge in [-0.3, -0.25) is 9.78 Å². The van der Waals surface area contributed by atoms with E-state index in [0.717, 1.165) is 51.0 Å². The number of pyridine rings is 2. The minimum absolute atomic E-state index is 0.0851. The van der Waals surface area contributed by atoms with Crippen molar-refractivity contribution in [2.75, 3.05) is 0 Å². The lowest BCUT2D eigenvalue weighted by molar-refractivity contribution is -0.114. The van der Waals surface area contributed by atoms with E-state index in [1.165, 1.54) is 6.08 Å². The lowest BCUT2D eigenvalue weighted by Crippen LogP contribution is -2.12. The molecule has 3 heterocycles. The van der Waals surface area contributed by atoms with Crippen LogP contribution in [0.1, 0.15) is 18.2 Å². The van der Waals surface area contributed by atoms with Crippen molar-refractivity contribution in [3.63, 3.8) is 0 Å². The molecule has 146 valence electrons. The predicted octanol–water partition coefficient (Wildman–Crippen LogP) is 4.25. The number of hydrogen-bond acceptors (Lipinski definition) is 4. The van der Waals surface area contributed by atoms with Gasteiger partial charge in [-0.15, -0.1) is 0 Å². The van der Waals surface area contributed by atoms with E-state index in [9.17, 15) is 4.79 Å². The van der Waals surface area contributed by atoms with Gasteiger partial charge in [-0.2, -0.15) is 5.26 Å². The molecule has 1 aromatic carbocycles. The zero-order chi connectivity index (χ0) is 21.1. The Bertz CT molecular complexity index is 1330. The SMILES string of the molecule is CCc1cc(-c2c[nH]c3ncc(-c4cccc(/C=C(\C#N)C(N)=O)c4)cc23)ccn1. The molecule has 6 nitrogen and oxygen atoms in total. The molecule has 0 saturated carbocycles. The van der Waals surface area contributed by atoms with Gasteiger partial charge in [0.05, 0.1) is 0 Å². The van der Waals surface area contributed by atoms with Crippen LogP contribution in [0.2, 0.25) is 0 Å². The number of H-pyrrole nitrogens is 1. The summed E-state index contributed by atoms with van der Waals surface area (Å²) in [5, 5.41) is 10.1. The number of primary amides is 1. The van der Waals surface area contributed by atoms with Crippen molar-refractivity contribution in [3.05, 3.63) is 77.9 Å². The number of hydrogen-bond donors (Lipinski definition) is 2. The first-order valence-corrected chi connectivity index (χ1v) is 9.53. The zero-order valence-corrected chi connectivity index (χ0v) is 16.4. The van der Waals surface area contributed by atoms with Gasteiger partial charge in [-0.1, -0.05) is 25.1 Å². The summed E-state index contributed by atoms with van der Waals surface area (Å²) >= 11 is 0. The second-order valence-corrected chi connectivity index (χ2v) is 6.87. The molecule has 6 heteroatoms. The average Bonchev–Trinajstić information content (AvgIpc) is 3.20. The topological polar surface area (TPSA) is 108 Å². The smallest absolute Gasteiger partial charge is 0.259 e. The number of aromatic amines is 1. The quantitative estimate of drug-likeness (QED) is 0.390. The molecular weight excluding hydrogens is 374 g/mol. The van der Waals surface area contributed by atoms with Gasteiger partial charge in [0, 0.05) is 40.8 Å². The lowest BCUT2D eigenvalue weighted by atomic mass is 10.0. The molecule has 0 aliphatic carbocycles. The van der Waals surface area contributed by atoms with Crippen molar-refractivity contribution >= 4 is 23.0 Å². The minimum atomic E-state index is -0.744. The van der Waals surface area contributed by atoms with Crippen LogP contribution in [-0.2, 0) is 11.2 Å². The zero-order valence-electron chi connectivity index (χ0n) is 16.4. The summed E-state index contributed by atoms with van der Waals surface area (Å²) in [5.41, 5.74) is 11.7. The Morgan fingerprint density at radius 2 is 2.03 bits per heavy atom. The molecule has 0 atom stereocenters. The first kappa shape index (κ1) is 19.1. The fraction of sp³-hybridized carbons (Fsp3) is 0.0833. The van der Waals surface area contributed by atoms with Crippen molar-refractivity contribution in [1.29, 1.82) is 5.26 Å². The van der Waals surface area contributed by atoms with Crippen LogP contribution in [0, 0.1) is 11.3 Å². The molecule has 0 unspecified atom stereocenters. The Hall–Kier alpha value is -4.24. The van der Waals surface area contributed by atoms with Crippen LogP contribution in [0.25, 0.3) is 39.4 Å². The summed E-state index contributed by atoms with van der Waals surface area (Å²) in [4.78, 5) is 23.5. The fourth-order valence-electron chi connectivity index (χ4n) is 3.37.